The standard InChI is InChI=1S/C22H25F2N3O2/c1-15(26-22(28)8-6-16-5-7-20(23)21(24)11-16)17-3-2-4-18(12-17)27-9-10-29-19(13-25)14-27/h2-8,11-12,15,19H,9-10,13-14,25H2,1H3,(H,26,28)/b8-6-. The Hall–Kier alpha value is -2.77. The molecule has 1 aliphatic rings. The van der Waals surface area contributed by atoms with Crippen molar-refractivity contribution >= 4 is 17.7 Å². The van der Waals surface area contributed by atoms with Gasteiger partial charge in [-0.15, -0.1) is 0 Å². The summed E-state index contributed by atoms with van der Waals surface area (Å²) in [4.78, 5) is 14.4. The van der Waals surface area contributed by atoms with Gasteiger partial charge in [0, 0.05) is 31.4 Å². The number of carbonyl (C=O) groups excluding carboxylic acids is 1. The van der Waals surface area contributed by atoms with Gasteiger partial charge in [0.1, 0.15) is 0 Å². The maximum Gasteiger partial charge on any atom is 0.244 e. The van der Waals surface area contributed by atoms with E-state index in [1.54, 1.807) is 0 Å². The van der Waals surface area contributed by atoms with Crippen molar-refractivity contribution in [3.05, 3.63) is 71.3 Å². The highest BCUT2D eigenvalue weighted by atomic mass is 19.2. The van der Waals surface area contributed by atoms with Gasteiger partial charge < -0.3 is 20.7 Å². The molecule has 0 bridgehead atoms. The van der Waals surface area contributed by atoms with Crippen LogP contribution in [0.1, 0.15) is 24.1 Å². The number of anilines is 1. The molecule has 1 heterocycles. The number of rotatable bonds is 6. The zero-order valence-corrected chi connectivity index (χ0v) is 16.3. The Balaban J connectivity index is 1.62. The van der Waals surface area contributed by atoms with E-state index in [1.165, 1.54) is 18.2 Å². The molecule has 1 fully saturated rings. The number of hydrogen-bond acceptors (Lipinski definition) is 4. The lowest BCUT2D eigenvalue weighted by atomic mass is 10.1. The molecule has 0 aromatic heterocycles. The van der Waals surface area contributed by atoms with Crippen molar-refractivity contribution in [3.63, 3.8) is 0 Å². The minimum atomic E-state index is -0.947. The van der Waals surface area contributed by atoms with Crippen LogP contribution in [-0.4, -0.2) is 38.3 Å². The van der Waals surface area contributed by atoms with Crippen molar-refractivity contribution in [2.75, 3.05) is 31.1 Å². The van der Waals surface area contributed by atoms with Crippen LogP contribution in [0.25, 0.3) is 6.08 Å². The van der Waals surface area contributed by atoms with E-state index in [4.69, 9.17) is 10.5 Å². The highest BCUT2D eigenvalue weighted by molar-refractivity contribution is 5.92. The first-order chi connectivity index (χ1) is 14.0. The predicted molar refractivity (Wildman–Crippen MR) is 109 cm³/mol. The quantitative estimate of drug-likeness (QED) is 0.731. The van der Waals surface area contributed by atoms with Crippen molar-refractivity contribution in [3.8, 4) is 0 Å². The SMILES string of the molecule is CC(NC(=O)/C=C\c1ccc(F)c(F)c1)c1cccc(N2CCOC(CN)C2)c1. The third-order valence-electron chi connectivity index (χ3n) is 4.87. The summed E-state index contributed by atoms with van der Waals surface area (Å²) >= 11 is 0. The van der Waals surface area contributed by atoms with Crippen molar-refractivity contribution in [2.24, 2.45) is 5.73 Å². The van der Waals surface area contributed by atoms with Gasteiger partial charge in [-0.3, -0.25) is 4.79 Å². The van der Waals surface area contributed by atoms with Crippen LogP contribution in [0.5, 0.6) is 0 Å². The monoisotopic (exact) mass is 401 g/mol. The second kappa shape index (κ2) is 9.62. The average Bonchev–Trinajstić information content (AvgIpc) is 2.74. The number of morpholine rings is 1. The van der Waals surface area contributed by atoms with E-state index >= 15 is 0 Å². The number of amides is 1. The van der Waals surface area contributed by atoms with E-state index < -0.39 is 11.6 Å². The molecule has 2 unspecified atom stereocenters. The molecule has 0 radical (unpaired) electrons. The fourth-order valence-corrected chi connectivity index (χ4v) is 3.22. The molecule has 1 aliphatic heterocycles. The van der Waals surface area contributed by atoms with Gasteiger partial charge in [-0.2, -0.15) is 0 Å². The summed E-state index contributed by atoms with van der Waals surface area (Å²) in [7, 11) is 0. The summed E-state index contributed by atoms with van der Waals surface area (Å²) in [5.41, 5.74) is 8.15. The Bertz CT molecular complexity index is 888. The topological polar surface area (TPSA) is 67.6 Å². The van der Waals surface area contributed by atoms with Gasteiger partial charge >= 0.3 is 0 Å². The zero-order valence-electron chi connectivity index (χ0n) is 16.3. The normalized spacial score (nSPS) is 18.1. The number of ether oxygens (including phenoxy) is 1. The summed E-state index contributed by atoms with van der Waals surface area (Å²) in [5, 5.41) is 2.89. The summed E-state index contributed by atoms with van der Waals surface area (Å²) in [6, 6.07) is 11.2. The molecule has 2 aromatic rings. The number of nitrogens with two attached hydrogens (primary N) is 1. The summed E-state index contributed by atoms with van der Waals surface area (Å²) in [6.45, 7) is 4.53. The van der Waals surface area contributed by atoms with Crippen LogP contribution < -0.4 is 16.0 Å². The lowest BCUT2D eigenvalue weighted by Crippen LogP contribution is -2.45. The summed E-state index contributed by atoms with van der Waals surface area (Å²) in [6.07, 6.45) is 2.77. The maximum atomic E-state index is 13.2. The molecule has 1 amide bonds. The number of nitrogens with zero attached hydrogens (tertiary/aromatic N) is 1. The van der Waals surface area contributed by atoms with E-state index in [-0.39, 0.29) is 18.1 Å². The van der Waals surface area contributed by atoms with E-state index in [1.807, 2.05) is 31.2 Å². The van der Waals surface area contributed by atoms with Crippen LogP contribution in [0.3, 0.4) is 0 Å². The Morgan fingerprint density at radius 1 is 1.31 bits per heavy atom. The van der Waals surface area contributed by atoms with Crippen LogP contribution in [0.15, 0.2) is 48.5 Å². The maximum absolute atomic E-state index is 13.2. The molecule has 1 saturated heterocycles. The molecule has 0 saturated carbocycles. The fourth-order valence-electron chi connectivity index (χ4n) is 3.22. The molecule has 2 atom stereocenters. The van der Waals surface area contributed by atoms with Crippen LogP contribution in [-0.2, 0) is 9.53 Å². The highest BCUT2D eigenvalue weighted by Gasteiger charge is 2.20. The van der Waals surface area contributed by atoms with Crippen molar-refractivity contribution in [2.45, 2.75) is 19.1 Å². The van der Waals surface area contributed by atoms with Crippen molar-refractivity contribution in [1.82, 2.24) is 5.32 Å². The molecule has 29 heavy (non-hydrogen) atoms. The Labute approximate surface area is 169 Å². The first-order valence-corrected chi connectivity index (χ1v) is 9.56. The van der Waals surface area contributed by atoms with Crippen molar-refractivity contribution in [1.29, 1.82) is 0 Å². The fraction of sp³-hybridized carbons (Fsp3) is 0.318. The van der Waals surface area contributed by atoms with Crippen LogP contribution >= 0.6 is 0 Å². The Morgan fingerprint density at radius 2 is 2.14 bits per heavy atom. The lowest BCUT2D eigenvalue weighted by Gasteiger charge is -2.34. The van der Waals surface area contributed by atoms with E-state index in [2.05, 4.69) is 10.2 Å². The van der Waals surface area contributed by atoms with E-state index in [9.17, 15) is 13.6 Å². The summed E-state index contributed by atoms with van der Waals surface area (Å²) in [5.74, 6) is -2.18. The van der Waals surface area contributed by atoms with E-state index in [0.29, 0.717) is 18.7 Å². The molecule has 0 spiro atoms. The van der Waals surface area contributed by atoms with Crippen molar-refractivity contribution < 1.29 is 18.3 Å². The second-order valence-electron chi connectivity index (χ2n) is 7.01. The number of carbonyl (C=O) groups is 1. The second-order valence-corrected chi connectivity index (χ2v) is 7.01. The van der Waals surface area contributed by atoms with Crippen LogP contribution in [0.2, 0.25) is 0 Å². The van der Waals surface area contributed by atoms with Gasteiger partial charge in [-0.25, -0.2) is 8.78 Å². The molecule has 3 N–H and O–H groups in total. The van der Waals surface area contributed by atoms with Crippen LogP contribution in [0, 0.1) is 11.6 Å². The summed E-state index contributed by atoms with van der Waals surface area (Å²) < 4.78 is 31.8. The van der Waals surface area contributed by atoms with Gasteiger partial charge in [-0.05, 0) is 48.4 Å². The Morgan fingerprint density at radius 3 is 2.90 bits per heavy atom. The predicted octanol–water partition coefficient (Wildman–Crippen LogP) is 3.02. The third kappa shape index (κ3) is 5.62. The number of nitrogens with one attached hydrogen (secondary N) is 1. The number of hydrogen-bond donors (Lipinski definition) is 2. The first-order valence-electron chi connectivity index (χ1n) is 9.56. The molecule has 7 heteroatoms. The first kappa shape index (κ1) is 21.0. The zero-order chi connectivity index (χ0) is 20.8. The molecule has 2 aromatic carbocycles. The molecule has 154 valence electrons. The molecular weight excluding hydrogens is 376 g/mol. The lowest BCUT2D eigenvalue weighted by molar-refractivity contribution is -0.117. The van der Waals surface area contributed by atoms with Gasteiger partial charge in [0.05, 0.1) is 18.8 Å². The molecule has 5 nitrogen and oxygen atoms in total. The van der Waals surface area contributed by atoms with Gasteiger partial charge in [0.2, 0.25) is 5.91 Å². The largest absolute Gasteiger partial charge is 0.373 e. The van der Waals surface area contributed by atoms with Crippen LogP contribution in [0.4, 0.5) is 14.5 Å². The van der Waals surface area contributed by atoms with Gasteiger partial charge in [0.15, 0.2) is 11.6 Å². The smallest absolute Gasteiger partial charge is 0.244 e. The Kier molecular flexibility index (Phi) is 6.95. The third-order valence-corrected chi connectivity index (χ3v) is 4.87. The van der Waals surface area contributed by atoms with E-state index in [0.717, 1.165) is 36.5 Å². The highest BCUT2D eigenvalue weighted by Crippen LogP contribution is 2.22. The average molecular weight is 401 g/mol. The molecule has 3 rings (SSSR count). The minimum absolute atomic E-state index is 0.0194. The van der Waals surface area contributed by atoms with Gasteiger partial charge in [-0.1, -0.05) is 18.2 Å². The minimum Gasteiger partial charge on any atom is -0.373 e. The molecule has 0 aliphatic carbocycles. The number of benzene rings is 2. The number of halogens is 2. The molecular formula is C22H25F2N3O2. The van der Waals surface area contributed by atoms with Gasteiger partial charge in [0.25, 0.3) is 0 Å².